The molecular formula is C16H24N2O4. The fraction of sp³-hybridized carbons (Fsp3) is 0.562. The minimum atomic E-state index is -0.807. The van der Waals surface area contributed by atoms with Crippen LogP contribution in [0.25, 0.3) is 0 Å². The highest BCUT2D eigenvalue weighted by atomic mass is 16.5. The van der Waals surface area contributed by atoms with E-state index in [2.05, 4.69) is 10.6 Å². The van der Waals surface area contributed by atoms with E-state index in [1.807, 2.05) is 18.2 Å². The summed E-state index contributed by atoms with van der Waals surface area (Å²) in [5, 5.41) is 16.0. The highest BCUT2D eigenvalue weighted by molar-refractivity contribution is 5.76. The molecule has 1 aromatic rings. The standard InChI is InChI=1S/C16H24N2O4/c1-21-13-5-3-12(9-14(13)22-2)4-6-15(19)18-11-16(20)7-8-17-10-16/h3,5,9,17,20H,4,6-8,10-11H2,1-2H3,(H,18,19)/t16-/m1/s1. The Morgan fingerprint density at radius 3 is 2.77 bits per heavy atom. The number of hydrogen-bond donors (Lipinski definition) is 3. The first-order chi connectivity index (χ1) is 10.6. The van der Waals surface area contributed by atoms with Gasteiger partial charge in [-0.3, -0.25) is 4.79 Å². The maximum absolute atomic E-state index is 11.9. The van der Waals surface area contributed by atoms with Crippen molar-refractivity contribution in [3.8, 4) is 11.5 Å². The highest BCUT2D eigenvalue weighted by Crippen LogP contribution is 2.27. The normalized spacial score (nSPS) is 20.7. The van der Waals surface area contributed by atoms with Crippen molar-refractivity contribution < 1.29 is 19.4 Å². The van der Waals surface area contributed by atoms with Crippen molar-refractivity contribution in [2.75, 3.05) is 33.9 Å². The van der Waals surface area contributed by atoms with E-state index >= 15 is 0 Å². The van der Waals surface area contributed by atoms with E-state index in [1.54, 1.807) is 14.2 Å². The van der Waals surface area contributed by atoms with Crippen molar-refractivity contribution in [3.63, 3.8) is 0 Å². The van der Waals surface area contributed by atoms with Gasteiger partial charge in [-0.05, 0) is 37.1 Å². The van der Waals surface area contributed by atoms with Gasteiger partial charge in [0.1, 0.15) is 0 Å². The quantitative estimate of drug-likeness (QED) is 0.683. The first-order valence-electron chi connectivity index (χ1n) is 7.47. The minimum absolute atomic E-state index is 0.0601. The smallest absolute Gasteiger partial charge is 0.220 e. The highest BCUT2D eigenvalue weighted by Gasteiger charge is 2.31. The molecule has 6 heteroatoms. The number of amides is 1. The van der Waals surface area contributed by atoms with E-state index in [0.717, 1.165) is 12.1 Å². The number of ether oxygens (including phenoxy) is 2. The zero-order valence-corrected chi connectivity index (χ0v) is 13.1. The molecule has 1 fully saturated rings. The van der Waals surface area contributed by atoms with Crippen molar-refractivity contribution in [2.45, 2.75) is 24.9 Å². The van der Waals surface area contributed by atoms with Crippen LogP contribution in [0, 0.1) is 0 Å². The summed E-state index contributed by atoms with van der Waals surface area (Å²) in [7, 11) is 3.18. The maximum Gasteiger partial charge on any atom is 0.220 e. The molecule has 2 rings (SSSR count). The minimum Gasteiger partial charge on any atom is -0.493 e. The molecule has 0 aliphatic carbocycles. The predicted molar refractivity (Wildman–Crippen MR) is 83.3 cm³/mol. The third-order valence-corrected chi connectivity index (χ3v) is 3.92. The number of nitrogens with one attached hydrogen (secondary N) is 2. The Morgan fingerprint density at radius 1 is 1.36 bits per heavy atom. The zero-order chi connectivity index (χ0) is 16.0. The molecule has 0 spiro atoms. The van der Waals surface area contributed by atoms with Crippen LogP contribution in [0.1, 0.15) is 18.4 Å². The Labute approximate surface area is 130 Å². The van der Waals surface area contributed by atoms with Crippen LogP contribution in [0.2, 0.25) is 0 Å². The Hall–Kier alpha value is -1.79. The largest absolute Gasteiger partial charge is 0.493 e. The molecule has 0 radical (unpaired) electrons. The second kappa shape index (κ2) is 7.47. The topological polar surface area (TPSA) is 79.8 Å². The molecule has 122 valence electrons. The molecule has 0 saturated carbocycles. The molecule has 0 unspecified atom stereocenters. The third-order valence-electron chi connectivity index (χ3n) is 3.92. The number of carbonyl (C=O) groups excluding carboxylic acids is 1. The van der Waals surface area contributed by atoms with Crippen LogP contribution in [0.5, 0.6) is 11.5 Å². The lowest BCUT2D eigenvalue weighted by atomic mass is 10.0. The van der Waals surface area contributed by atoms with E-state index in [-0.39, 0.29) is 5.91 Å². The van der Waals surface area contributed by atoms with Gasteiger partial charge in [-0.15, -0.1) is 0 Å². The number of aliphatic hydroxyl groups is 1. The lowest BCUT2D eigenvalue weighted by Gasteiger charge is -2.21. The predicted octanol–water partition coefficient (Wildman–Crippen LogP) is 0.477. The van der Waals surface area contributed by atoms with Crippen molar-refractivity contribution in [1.82, 2.24) is 10.6 Å². The molecule has 1 aliphatic rings. The third kappa shape index (κ3) is 4.35. The van der Waals surface area contributed by atoms with Gasteiger partial charge in [-0.1, -0.05) is 6.07 Å². The van der Waals surface area contributed by atoms with Gasteiger partial charge < -0.3 is 25.2 Å². The van der Waals surface area contributed by atoms with Crippen molar-refractivity contribution in [2.24, 2.45) is 0 Å². The van der Waals surface area contributed by atoms with Crippen molar-refractivity contribution in [1.29, 1.82) is 0 Å². The lowest BCUT2D eigenvalue weighted by molar-refractivity contribution is -0.122. The fourth-order valence-corrected chi connectivity index (χ4v) is 2.53. The summed E-state index contributed by atoms with van der Waals surface area (Å²) in [4.78, 5) is 11.9. The van der Waals surface area contributed by atoms with Gasteiger partial charge in [0.05, 0.1) is 19.8 Å². The molecule has 3 N–H and O–H groups in total. The first kappa shape index (κ1) is 16.6. The SMILES string of the molecule is COc1ccc(CCC(=O)NC[C@@]2(O)CCNC2)cc1OC. The van der Waals surface area contributed by atoms with Crippen molar-refractivity contribution in [3.05, 3.63) is 23.8 Å². The van der Waals surface area contributed by atoms with Gasteiger partial charge in [-0.2, -0.15) is 0 Å². The van der Waals surface area contributed by atoms with Crippen molar-refractivity contribution >= 4 is 5.91 Å². The number of benzene rings is 1. The Morgan fingerprint density at radius 2 is 2.14 bits per heavy atom. The van der Waals surface area contributed by atoms with Gasteiger partial charge in [0.2, 0.25) is 5.91 Å². The molecule has 1 aliphatic heterocycles. The number of rotatable bonds is 7. The van der Waals surface area contributed by atoms with Gasteiger partial charge >= 0.3 is 0 Å². The van der Waals surface area contributed by atoms with Gasteiger partial charge in [0.15, 0.2) is 11.5 Å². The van der Waals surface area contributed by atoms with Gasteiger partial charge in [0.25, 0.3) is 0 Å². The molecule has 6 nitrogen and oxygen atoms in total. The monoisotopic (exact) mass is 308 g/mol. The number of hydrogen-bond acceptors (Lipinski definition) is 5. The van der Waals surface area contributed by atoms with Gasteiger partial charge in [0, 0.05) is 19.5 Å². The van der Waals surface area contributed by atoms with E-state index in [4.69, 9.17) is 9.47 Å². The second-order valence-corrected chi connectivity index (χ2v) is 5.62. The number of aryl methyl sites for hydroxylation is 1. The molecule has 1 amide bonds. The summed E-state index contributed by atoms with van der Waals surface area (Å²) in [6, 6.07) is 5.63. The molecule has 1 aromatic carbocycles. The molecule has 0 aromatic heterocycles. The fourth-order valence-electron chi connectivity index (χ4n) is 2.53. The Balaban J connectivity index is 1.80. The molecular weight excluding hydrogens is 284 g/mol. The summed E-state index contributed by atoms with van der Waals surface area (Å²) in [6.07, 6.45) is 1.66. The van der Waals surface area contributed by atoms with Crippen LogP contribution in [0.15, 0.2) is 18.2 Å². The summed E-state index contributed by atoms with van der Waals surface area (Å²) in [5.41, 5.74) is 0.202. The summed E-state index contributed by atoms with van der Waals surface area (Å²) < 4.78 is 10.4. The summed E-state index contributed by atoms with van der Waals surface area (Å²) in [6.45, 7) is 1.62. The van der Waals surface area contributed by atoms with Crippen LogP contribution in [0.3, 0.4) is 0 Å². The molecule has 1 saturated heterocycles. The lowest BCUT2D eigenvalue weighted by Crippen LogP contribution is -2.44. The van der Waals surface area contributed by atoms with Gasteiger partial charge in [-0.25, -0.2) is 0 Å². The molecule has 0 bridgehead atoms. The Kier molecular flexibility index (Phi) is 5.63. The first-order valence-corrected chi connectivity index (χ1v) is 7.47. The maximum atomic E-state index is 11.9. The van der Waals surface area contributed by atoms with Crippen LogP contribution in [-0.2, 0) is 11.2 Å². The van der Waals surface area contributed by atoms with Crippen LogP contribution in [-0.4, -0.2) is 50.5 Å². The van der Waals surface area contributed by atoms with Crippen LogP contribution in [0.4, 0.5) is 0 Å². The average Bonchev–Trinajstić information content (AvgIpc) is 2.97. The van der Waals surface area contributed by atoms with Crippen LogP contribution >= 0.6 is 0 Å². The molecule has 1 heterocycles. The second-order valence-electron chi connectivity index (χ2n) is 5.62. The van der Waals surface area contributed by atoms with E-state index in [9.17, 15) is 9.90 Å². The summed E-state index contributed by atoms with van der Waals surface area (Å²) in [5.74, 6) is 1.27. The van der Waals surface area contributed by atoms with E-state index in [1.165, 1.54) is 0 Å². The molecule has 22 heavy (non-hydrogen) atoms. The zero-order valence-electron chi connectivity index (χ0n) is 13.1. The molecule has 1 atom stereocenters. The number of carbonyl (C=O) groups is 1. The Bertz CT molecular complexity index is 513. The van der Waals surface area contributed by atoms with E-state index in [0.29, 0.717) is 43.9 Å². The number of β-amino-alcohol motifs (C(OH)–C–C–N with tert-alkyl or cyclic N) is 1. The number of methoxy groups -OCH3 is 2. The van der Waals surface area contributed by atoms with E-state index < -0.39 is 5.60 Å². The average molecular weight is 308 g/mol. The van der Waals surface area contributed by atoms with Crippen LogP contribution < -0.4 is 20.1 Å². The summed E-state index contributed by atoms with van der Waals surface area (Å²) >= 11 is 0.